The number of nitrogens with zero attached hydrogens (tertiary/aromatic N) is 3. The molecule has 0 unspecified atom stereocenters. The predicted molar refractivity (Wildman–Crippen MR) is 139 cm³/mol. The maximum Gasteiger partial charge on any atom is 0.264 e. The van der Waals surface area contributed by atoms with Gasteiger partial charge in [-0.1, -0.05) is 15.9 Å². The van der Waals surface area contributed by atoms with E-state index in [0.717, 1.165) is 32.7 Å². The van der Waals surface area contributed by atoms with Gasteiger partial charge in [-0.3, -0.25) is 10.1 Å². The number of carbonyl (C=O) groups excluding carboxylic acids is 1. The van der Waals surface area contributed by atoms with Crippen LogP contribution in [0.15, 0.2) is 65.1 Å². The molecule has 0 spiro atoms. The van der Waals surface area contributed by atoms with Crippen LogP contribution in [-0.4, -0.2) is 39.2 Å². The van der Waals surface area contributed by atoms with Gasteiger partial charge in [0.2, 0.25) is 0 Å². The van der Waals surface area contributed by atoms with Gasteiger partial charge in [0.25, 0.3) is 5.91 Å². The number of anilines is 1. The summed E-state index contributed by atoms with van der Waals surface area (Å²) in [5.41, 5.74) is 3.89. The summed E-state index contributed by atoms with van der Waals surface area (Å²) in [6.45, 7) is 4.33. The lowest BCUT2D eigenvalue weighted by Gasteiger charge is -2.12. The van der Waals surface area contributed by atoms with Crippen molar-refractivity contribution in [2.75, 3.05) is 18.5 Å². The Labute approximate surface area is 210 Å². The fraction of sp³-hybridized carbons (Fsp3) is 0.167. The summed E-state index contributed by atoms with van der Waals surface area (Å²) in [5, 5.41) is 15.0. The number of hydrogen-bond donors (Lipinski definition) is 2. The van der Waals surface area contributed by atoms with E-state index in [1.54, 1.807) is 16.9 Å². The highest BCUT2D eigenvalue weighted by molar-refractivity contribution is 9.10. The number of nitrogens with one attached hydrogen (secondary N) is 2. The van der Waals surface area contributed by atoms with Gasteiger partial charge in [-0.2, -0.15) is 4.80 Å². The average molecular weight is 540 g/mol. The van der Waals surface area contributed by atoms with Gasteiger partial charge in [0, 0.05) is 10.2 Å². The summed E-state index contributed by atoms with van der Waals surface area (Å²) in [4.78, 5) is 13.8. The minimum Gasteiger partial charge on any atom is -0.494 e. The molecule has 1 heterocycles. The molecular weight excluding hydrogens is 518 g/mol. The van der Waals surface area contributed by atoms with E-state index in [0.29, 0.717) is 17.9 Å². The van der Waals surface area contributed by atoms with Crippen molar-refractivity contribution in [2.45, 2.75) is 13.8 Å². The first kappa shape index (κ1) is 23.7. The molecule has 3 aromatic carbocycles. The molecule has 0 radical (unpaired) electrons. The number of aryl methyl sites for hydroxylation is 1. The monoisotopic (exact) mass is 539 g/mol. The van der Waals surface area contributed by atoms with Gasteiger partial charge in [-0.25, -0.2) is 0 Å². The molecule has 0 saturated carbocycles. The summed E-state index contributed by atoms with van der Waals surface area (Å²) in [5.74, 6) is 1.03. The van der Waals surface area contributed by atoms with Crippen LogP contribution in [0.3, 0.4) is 0 Å². The van der Waals surface area contributed by atoms with Crippen molar-refractivity contribution in [2.24, 2.45) is 0 Å². The topological polar surface area (TPSA) is 90.3 Å². The van der Waals surface area contributed by atoms with Crippen molar-refractivity contribution in [1.29, 1.82) is 0 Å². The molecule has 34 heavy (non-hydrogen) atoms. The van der Waals surface area contributed by atoms with E-state index in [-0.39, 0.29) is 17.6 Å². The third kappa shape index (κ3) is 5.89. The van der Waals surface area contributed by atoms with E-state index in [2.05, 4.69) is 36.8 Å². The number of hydrogen-bond acceptors (Lipinski definition) is 6. The van der Waals surface area contributed by atoms with Gasteiger partial charge in [0.15, 0.2) is 11.7 Å². The molecule has 2 N–H and O–H groups in total. The molecule has 0 fully saturated rings. The Morgan fingerprint density at radius 1 is 1.00 bits per heavy atom. The van der Waals surface area contributed by atoms with Crippen LogP contribution in [0.2, 0.25) is 0 Å². The van der Waals surface area contributed by atoms with E-state index in [1.165, 1.54) is 0 Å². The number of amides is 1. The summed E-state index contributed by atoms with van der Waals surface area (Å²) in [7, 11) is 0. The third-order valence-corrected chi connectivity index (χ3v) is 5.52. The summed E-state index contributed by atoms with van der Waals surface area (Å²) < 4.78 is 11.9. The minimum atomic E-state index is -0.361. The molecule has 8 nitrogen and oxygen atoms in total. The molecule has 0 saturated heterocycles. The molecule has 174 valence electrons. The standard InChI is InChI=1S/C24H22BrN5O3S/c1-3-32-18-10-6-17(7-11-18)30-28-21-12-15(2)20(13-22(21)29-30)26-24(34)27-23(31)14-33-19-8-4-16(25)5-9-19/h4-13H,3,14H2,1-2H3,(H2,26,27,31,34). The molecule has 0 aliphatic carbocycles. The van der Waals surface area contributed by atoms with Crippen LogP contribution in [0.1, 0.15) is 12.5 Å². The van der Waals surface area contributed by atoms with Crippen LogP contribution in [0.5, 0.6) is 11.5 Å². The second-order valence-corrected chi connectivity index (χ2v) is 8.64. The second kappa shape index (κ2) is 10.6. The zero-order valence-corrected chi connectivity index (χ0v) is 20.9. The Balaban J connectivity index is 1.40. The molecule has 0 atom stereocenters. The van der Waals surface area contributed by atoms with E-state index in [9.17, 15) is 4.79 Å². The van der Waals surface area contributed by atoms with Crippen molar-refractivity contribution in [1.82, 2.24) is 20.3 Å². The van der Waals surface area contributed by atoms with Gasteiger partial charge in [-0.15, -0.1) is 10.2 Å². The van der Waals surface area contributed by atoms with E-state index < -0.39 is 0 Å². The third-order valence-electron chi connectivity index (χ3n) is 4.79. The van der Waals surface area contributed by atoms with Crippen LogP contribution in [-0.2, 0) is 4.79 Å². The van der Waals surface area contributed by atoms with E-state index in [1.807, 2.05) is 62.4 Å². The quantitative estimate of drug-likeness (QED) is 0.326. The Morgan fingerprint density at radius 3 is 2.29 bits per heavy atom. The van der Waals surface area contributed by atoms with Crippen LogP contribution in [0.25, 0.3) is 16.7 Å². The summed E-state index contributed by atoms with van der Waals surface area (Å²) in [6.07, 6.45) is 0. The fourth-order valence-corrected chi connectivity index (χ4v) is 3.64. The van der Waals surface area contributed by atoms with Crippen molar-refractivity contribution in [3.8, 4) is 17.2 Å². The van der Waals surface area contributed by atoms with Gasteiger partial charge in [0.05, 0.1) is 12.3 Å². The highest BCUT2D eigenvalue weighted by Gasteiger charge is 2.11. The number of benzene rings is 3. The zero-order chi connectivity index (χ0) is 24.1. The van der Waals surface area contributed by atoms with Gasteiger partial charge in [0.1, 0.15) is 22.5 Å². The highest BCUT2D eigenvalue weighted by atomic mass is 79.9. The first-order valence-corrected chi connectivity index (χ1v) is 11.7. The molecule has 1 amide bonds. The lowest BCUT2D eigenvalue weighted by atomic mass is 10.2. The Hall–Kier alpha value is -3.50. The Bertz CT molecular complexity index is 1320. The van der Waals surface area contributed by atoms with Crippen LogP contribution in [0.4, 0.5) is 5.69 Å². The maximum absolute atomic E-state index is 12.2. The van der Waals surface area contributed by atoms with Crippen molar-refractivity contribution in [3.05, 3.63) is 70.7 Å². The summed E-state index contributed by atoms with van der Waals surface area (Å²) in [6, 6.07) is 18.5. The number of fused-ring (bicyclic) bond motifs is 1. The fourth-order valence-electron chi connectivity index (χ4n) is 3.16. The highest BCUT2D eigenvalue weighted by Crippen LogP contribution is 2.23. The Morgan fingerprint density at radius 2 is 1.62 bits per heavy atom. The normalized spacial score (nSPS) is 10.7. The average Bonchev–Trinajstić information content (AvgIpc) is 3.22. The molecule has 0 aliphatic rings. The molecule has 1 aromatic heterocycles. The summed E-state index contributed by atoms with van der Waals surface area (Å²) >= 11 is 8.66. The predicted octanol–water partition coefficient (Wildman–Crippen LogP) is 4.78. The number of thiocarbonyl (C=S) groups is 1. The molecule has 0 bridgehead atoms. The first-order valence-electron chi connectivity index (χ1n) is 10.5. The van der Waals surface area contributed by atoms with Crippen molar-refractivity contribution >= 4 is 55.9 Å². The SMILES string of the molecule is CCOc1ccc(-n2nc3cc(C)c(NC(=S)NC(=O)COc4ccc(Br)cc4)cc3n2)cc1. The van der Waals surface area contributed by atoms with E-state index in [4.69, 9.17) is 21.7 Å². The number of carbonyl (C=O) groups is 1. The molecule has 0 aliphatic heterocycles. The molecule has 4 rings (SSSR count). The molecular formula is C24H22BrN5O3S. The van der Waals surface area contributed by atoms with Crippen LogP contribution >= 0.6 is 28.1 Å². The maximum atomic E-state index is 12.2. The van der Waals surface area contributed by atoms with Crippen LogP contribution < -0.4 is 20.1 Å². The number of aromatic nitrogens is 3. The number of ether oxygens (including phenoxy) is 2. The second-order valence-electron chi connectivity index (χ2n) is 7.32. The number of halogens is 1. The first-order chi connectivity index (χ1) is 16.4. The molecule has 4 aromatic rings. The van der Waals surface area contributed by atoms with Gasteiger partial charge >= 0.3 is 0 Å². The lowest BCUT2D eigenvalue weighted by molar-refractivity contribution is -0.121. The van der Waals surface area contributed by atoms with Crippen molar-refractivity contribution in [3.63, 3.8) is 0 Å². The largest absolute Gasteiger partial charge is 0.494 e. The minimum absolute atomic E-state index is 0.155. The van der Waals surface area contributed by atoms with Crippen molar-refractivity contribution < 1.29 is 14.3 Å². The van der Waals surface area contributed by atoms with Gasteiger partial charge in [-0.05, 0) is 92.3 Å². The zero-order valence-electron chi connectivity index (χ0n) is 18.5. The Kier molecular flexibility index (Phi) is 7.39. The van der Waals surface area contributed by atoms with Gasteiger partial charge < -0.3 is 14.8 Å². The lowest BCUT2D eigenvalue weighted by Crippen LogP contribution is -2.37. The number of rotatable bonds is 7. The smallest absolute Gasteiger partial charge is 0.264 e. The van der Waals surface area contributed by atoms with Crippen LogP contribution in [0, 0.1) is 6.92 Å². The molecule has 10 heteroatoms. The van der Waals surface area contributed by atoms with E-state index >= 15 is 0 Å².